The zero-order chi connectivity index (χ0) is 17.3. The number of likely N-dealkylation sites (tertiary alicyclic amines) is 1. The highest BCUT2D eigenvalue weighted by atomic mass is 32.1. The minimum Gasteiger partial charge on any atom is -0.484 e. The molecule has 5 heteroatoms. The number of nitrogens with zero attached hydrogens (tertiary/aromatic N) is 1. The van der Waals surface area contributed by atoms with E-state index in [1.54, 1.807) is 11.3 Å². The summed E-state index contributed by atoms with van der Waals surface area (Å²) in [4.78, 5) is 16.0. The predicted molar refractivity (Wildman–Crippen MR) is 102 cm³/mol. The third-order valence-electron chi connectivity index (χ3n) is 4.56. The molecule has 1 N–H and O–H groups in total. The second-order valence-electron chi connectivity index (χ2n) is 6.39. The summed E-state index contributed by atoms with van der Waals surface area (Å²) in [7, 11) is 0. The number of thiophene rings is 1. The van der Waals surface area contributed by atoms with E-state index in [0.717, 1.165) is 18.8 Å². The van der Waals surface area contributed by atoms with Gasteiger partial charge in [-0.2, -0.15) is 0 Å². The van der Waals surface area contributed by atoms with Crippen LogP contribution in [0.3, 0.4) is 0 Å². The van der Waals surface area contributed by atoms with Crippen LogP contribution in [0.25, 0.3) is 0 Å². The molecule has 1 unspecified atom stereocenters. The second kappa shape index (κ2) is 9.59. The molecule has 0 spiro atoms. The minimum atomic E-state index is -0.0692. The number of rotatable bonds is 7. The van der Waals surface area contributed by atoms with E-state index in [2.05, 4.69) is 27.7 Å². The first kappa shape index (κ1) is 18.0. The van der Waals surface area contributed by atoms with E-state index in [0.29, 0.717) is 6.54 Å². The van der Waals surface area contributed by atoms with Crippen LogP contribution in [0.15, 0.2) is 47.8 Å². The van der Waals surface area contributed by atoms with E-state index in [1.807, 2.05) is 30.3 Å². The van der Waals surface area contributed by atoms with Gasteiger partial charge < -0.3 is 10.1 Å². The van der Waals surface area contributed by atoms with Gasteiger partial charge in [0, 0.05) is 11.4 Å². The van der Waals surface area contributed by atoms with Crippen molar-refractivity contribution in [2.75, 3.05) is 26.2 Å². The van der Waals surface area contributed by atoms with Crippen LogP contribution in [0.4, 0.5) is 0 Å². The Bertz CT molecular complexity index is 622. The summed E-state index contributed by atoms with van der Waals surface area (Å²) >= 11 is 1.77. The number of hydrogen-bond acceptors (Lipinski definition) is 4. The number of benzene rings is 1. The highest BCUT2D eigenvalue weighted by molar-refractivity contribution is 7.10. The summed E-state index contributed by atoms with van der Waals surface area (Å²) in [6, 6.07) is 14.0. The average molecular weight is 359 g/mol. The van der Waals surface area contributed by atoms with Crippen LogP contribution in [-0.4, -0.2) is 37.0 Å². The Morgan fingerprint density at radius 1 is 1.08 bits per heavy atom. The quantitative estimate of drug-likeness (QED) is 0.817. The van der Waals surface area contributed by atoms with E-state index in [1.165, 1.54) is 30.6 Å². The van der Waals surface area contributed by atoms with Crippen LogP contribution in [0.1, 0.15) is 36.6 Å². The third-order valence-corrected chi connectivity index (χ3v) is 5.53. The Kier molecular flexibility index (Phi) is 6.89. The number of para-hydroxylation sites is 1. The second-order valence-corrected chi connectivity index (χ2v) is 7.37. The Hall–Kier alpha value is -1.85. The van der Waals surface area contributed by atoms with E-state index in [-0.39, 0.29) is 18.6 Å². The molecule has 2 heterocycles. The number of hydrogen-bond donors (Lipinski definition) is 1. The fourth-order valence-electron chi connectivity index (χ4n) is 3.22. The maximum Gasteiger partial charge on any atom is 0.258 e. The summed E-state index contributed by atoms with van der Waals surface area (Å²) in [6.45, 7) is 2.91. The molecule has 1 aliphatic rings. The van der Waals surface area contributed by atoms with Crippen molar-refractivity contribution in [3.8, 4) is 5.75 Å². The Morgan fingerprint density at radius 2 is 1.84 bits per heavy atom. The lowest BCUT2D eigenvalue weighted by atomic mass is 10.2. The topological polar surface area (TPSA) is 41.6 Å². The summed E-state index contributed by atoms with van der Waals surface area (Å²) < 4.78 is 5.53. The Morgan fingerprint density at radius 3 is 2.52 bits per heavy atom. The fraction of sp³-hybridized carbons (Fsp3) is 0.450. The molecule has 1 aliphatic heterocycles. The lowest BCUT2D eigenvalue weighted by molar-refractivity contribution is -0.123. The van der Waals surface area contributed by atoms with Crippen molar-refractivity contribution in [1.82, 2.24) is 10.2 Å². The Labute approximate surface area is 153 Å². The molecule has 0 radical (unpaired) electrons. The predicted octanol–water partition coefficient (Wildman–Crippen LogP) is 3.86. The summed E-state index contributed by atoms with van der Waals surface area (Å²) in [5.41, 5.74) is 0. The van der Waals surface area contributed by atoms with Gasteiger partial charge in [0.1, 0.15) is 5.75 Å². The molecule has 134 valence electrons. The first-order chi connectivity index (χ1) is 12.3. The van der Waals surface area contributed by atoms with Crippen molar-refractivity contribution < 1.29 is 9.53 Å². The van der Waals surface area contributed by atoms with E-state index in [4.69, 9.17) is 4.74 Å². The normalized spacial score (nSPS) is 16.8. The van der Waals surface area contributed by atoms with Crippen LogP contribution in [0.5, 0.6) is 5.75 Å². The van der Waals surface area contributed by atoms with Crippen LogP contribution >= 0.6 is 11.3 Å². The summed E-state index contributed by atoms with van der Waals surface area (Å²) in [6.07, 6.45) is 5.11. The van der Waals surface area contributed by atoms with Crippen molar-refractivity contribution >= 4 is 17.2 Å². The number of amides is 1. The number of carbonyl (C=O) groups excluding carboxylic acids is 1. The first-order valence-electron chi connectivity index (χ1n) is 9.05. The van der Waals surface area contributed by atoms with Gasteiger partial charge in [-0.1, -0.05) is 37.1 Å². The lowest BCUT2D eigenvalue weighted by Crippen LogP contribution is -2.39. The molecular formula is C20H26N2O2S. The summed E-state index contributed by atoms with van der Waals surface area (Å²) in [5, 5.41) is 5.17. The first-order valence-corrected chi connectivity index (χ1v) is 9.93. The fourth-order valence-corrected chi connectivity index (χ4v) is 4.09. The van der Waals surface area contributed by atoms with Crippen LogP contribution < -0.4 is 10.1 Å². The van der Waals surface area contributed by atoms with Gasteiger partial charge in [-0.25, -0.2) is 0 Å². The molecule has 1 aromatic heterocycles. The van der Waals surface area contributed by atoms with Gasteiger partial charge in [-0.3, -0.25) is 9.69 Å². The van der Waals surface area contributed by atoms with Crippen molar-refractivity contribution in [1.29, 1.82) is 0 Å². The van der Waals surface area contributed by atoms with Gasteiger partial charge in [0.15, 0.2) is 6.61 Å². The van der Waals surface area contributed by atoms with Gasteiger partial charge >= 0.3 is 0 Å². The molecule has 1 amide bonds. The monoisotopic (exact) mass is 358 g/mol. The van der Waals surface area contributed by atoms with Crippen molar-refractivity contribution in [2.45, 2.75) is 31.7 Å². The molecule has 25 heavy (non-hydrogen) atoms. The van der Waals surface area contributed by atoms with E-state index >= 15 is 0 Å². The van der Waals surface area contributed by atoms with Crippen LogP contribution in [0.2, 0.25) is 0 Å². The molecule has 1 aromatic carbocycles. The molecule has 2 aromatic rings. The minimum absolute atomic E-state index is 0.0567. The van der Waals surface area contributed by atoms with Crippen molar-refractivity contribution in [2.24, 2.45) is 0 Å². The van der Waals surface area contributed by atoms with Crippen molar-refractivity contribution in [3.63, 3.8) is 0 Å². The maximum absolute atomic E-state index is 12.2. The van der Waals surface area contributed by atoms with Crippen LogP contribution in [-0.2, 0) is 4.79 Å². The van der Waals surface area contributed by atoms with E-state index in [9.17, 15) is 4.79 Å². The van der Waals surface area contributed by atoms with Crippen molar-refractivity contribution in [3.05, 3.63) is 52.7 Å². The van der Waals surface area contributed by atoms with Gasteiger partial charge in [-0.15, -0.1) is 11.3 Å². The SMILES string of the molecule is O=C(COc1ccccc1)NCC(c1cccs1)N1CCCCCC1. The van der Waals surface area contributed by atoms with Gasteiger partial charge in [0.2, 0.25) is 0 Å². The molecular weight excluding hydrogens is 332 g/mol. The third kappa shape index (κ3) is 5.58. The highest BCUT2D eigenvalue weighted by Gasteiger charge is 2.22. The van der Waals surface area contributed by atoms with Crippen LogP contribution in [0, 0.1) is 0 Å². The molecule has 0 saturated carbocycles. The standard InChI is InChI=1S/C20H26N2O2S/c23-20(16-24-17-9-4-3-5-10-17)21-15-18(19-11-8-14-25-19)22-12-6-1-2-7-13-22/h3-5,8-11,14,18H,1-2,6-7,12-13,15-16H2,(H,21,23). The smallest absolute Gasteiger partial charge is 0.258 e. The molecule has 4 nitrogen and oxygen atoms in total. The number of carbonyl (C=O) groups is 1. The summed E-state index contributed by atoms with van der Waals surface area (Å²) in [5.74, 6) is 0.653. The molecule has 1 atom stereocenters. The van der Waals surface area contributed by atoms with E-state index < -0.39 is 0 Å². The largest absolute Gasteiger partial charge is 0.484 e. The molecule has 0 bridgehead atoms. The number of nitrogens with one attached hydrogen (secondary N) is 1. The van der Waals surface area contributed by atoms with Gasteiger partial charge in [-0.05, 0) is 49.5 Å². The highest BCUT2D eigenvalue weighted by Crippen LogP contribution is 2.27. The molecule has 1 saturated heterocycles. The molecule has 1 fully saturated rings. The van der Waals surface area contributed by atoms with Gasteiger partial charge in [0.25, 0.3) is 5.91 Å². The zero-order valence-corrected chi connectivity index (χ0v) is 15.3. The lowest BCUT2D eigenvalue weighted by Gasteiger charge is -2.30. The van der Waals surface area contributed by atoms with Gasteiger partial charge in [0.05, 0.1) is 6.04 Å². The maximum atomic E-state index is 12.2. The molecule has 0 aliphatic carbocycles. The Balaban J connectivity index is 1.54. The zero-order valence-electron chi connectivity index (χ0n) is 14.5. The average Bonchev–Trinajstić information content (AvgIpc) is 3.04. The number of ether oxygens (including phenoxy) is 1. The molecule has 3 rings (SSSR count).